The zero-order valence-electron chi connectivity index (χ0n) is 16.0. The summed E-state index contributed by atoms with van der Waals surface area (Å²) in [5.41, 5.74) is 0. The minimum absolute atomic E-state index is 0.0212. The SMILES string of the molecule is O=C(O)C(F)(F)F.O=S(=O)(c1cccnc1)N1CCOC2CCC1C2OCC1CC1. The molecule has 3 atom stereocenters. The van der Waals surface area contributed by atoms with Crippen LogP contribution in [-0.2, 0) is 24.3 Å². The maximum Gasteiger partial charge on any atom is 0.490 e. The number of hydrogen-bond acceptors (Lipinski definition) is 6. The summed E-state index contributed by atoms with van der Waals surface area (Å²) in [7, 11) is -3.56. The molecular weight excluding hydrogens is 429 g/mol. The van der Waals surface area contributed by atoms with Crippen LogP contribution in [0.2, 0.25) is 0 Å². The van der Waals surface area contributed by atoms with E-state index in [9.17, 15) is 21.6 Å². The summed E-state index contributed by atoms with van der Waals surface area (Å²) >= 11 is 0. The predicted octanol–water partition coefficient (Wildman–Crippen LogP) is 2.06. The van der Waals surface area contributed by atoms with Gasteiger partial charge in [-0.15, -0.1) is 0 Å². The summed E-state index contributed by atoms with van der Waals surface area (Å²) in [5, 5.41) is 7.12. The first-order valence-electron chi connectivity index (χ1n) is 9.56. The Morgan fingerprint density at radius 3 is 2.57 bits per heavy atom. The third kappa shape index (κ3) is 5.48. The second-order valence-electron chi connectivity index (χ2n) is 7.40. The highest BCUT2D eigenvalue weighted by atomic mass is 32.2. The lowest BCUT2D eigenvalue weighted by Gasteiger charge is -2.30. The van der Waals surface area contributed by atoms with Gasteiger partial charge in [0, 0.05) is 25.5 Å². The lowest BCUT2D eigenvalue weighted by molar-refractivity contribution is -0.192. The first-order chi connectivity index (χ1) is 14.1. The first-order valence-corrected chi connectivity index (χ1v) is 11.0. The molecule has 2 aliphatic carbocycles. The maximum absolute atomic E-state index is 13.0. The molecule has 0 amide bonds. The van der Waals surface area contributed by atoms with Crippen LogP contribution in [0.25, 0.3) is 0 Å². The molecule has 1 N–H and O–H groups in total. The minimum atomic E-state index is -5.08. The van der Waals surface area contributed by atoms with Crippen molar-refractivity contribution in [1.29, 1.82) is 0 Å². The second kappa shape index (κ2) is 9.16. The largest absolute Gasteiger partial charge is 0.490 e. The van der Waals surface area contributed by atoms with Gasteiger partial charge in [-0.2, -0.15) is 17.5 Å². The van der Waals surface area contributed by atoms with Crippen LogP contribution in [0.15, 0.2) is 29.4 Å². The van der Waals surface area contributed by atoms with Crippen molar-refractivity contribution in [1.82, 2.24) is 9.29 Å². The Labute approximate surface area is 172 Å². The number of carboxylic acid groups (broad SMARTS) is 1. The molecule has 1 aromatic rings. The smallest absolute Gasteiger partial charge is 0.475 e. The van der Waals surface area contributed by atoms with Gasteiger partial charge in [-0.3, -0.25) is 4.98 Å². The molecule has 2 heterocycles. The Kier molecular flexibility index (Phi) is 7.00. The van der Waals surface area contributed by atoms with Crippen molar-refractivity contribution < 1.29 is 41.0 Å². The predicted molar refractivity (Wildman–Crippen MR) is 97.0 cm³/mol. The quantitative estimate of drug-likeness (QED) is 0.729. The van der Waals surface area contributed by atoms with Crippen molar-refractivity contribution in [2.24, 2.45) is 5.92 Å². The Hall–Kier alpha value is -1.76. The number of carboxylic acids is 1. The van der Waals surface area contributed by atoms with Crippen LogP contribution in [0.3, 0.4) is 0 Å². The van der Waals surface area contributed by atoms with E-state index in [-0.39, 0.29) is 23.1 Å². The average molecular weight is 452 g/mol. The average Bonchev–Trinajstić information content (AvgIpc) is 3.44. The molecule has 12 heteroatoms. The topological polar surface area (TPSA) is 106 Å². The number of sulfonamides is 1. The van der Waals surface area contributed by atoms with Crippen molar-refractivity contribution in [3.63, 3.8) is 0 Å². The number of nitrogens with zero attached hydrogens (tertiary/aromatic N) is 2. The highest BCUT2D eigenvalue weighted by Crippen LogP contribution is 2.37. The van der Waals surface area contributed by atoms with Gasteiger partial charge in [0.15, 0.2) is 0 Å². The number of halogens is 3. The molecule has 2 saturated carbocycles. The van der Waals surface area contributed by atoms with Gasteiger partial charge in [-0.1, -0.05) is 0 Å². The summed E-state index contributed by atoms with van der Waals surface area (Å²) < 4.78 is 71.3. The number of alkyl halides is 3. The van der Waals surface area contributed by atoms with E-state index >= 15 is 0 Å². The molecule has 0 aromatic carbocycles. The molecule has 4 rings (SSSR count). The van der Waals surface area contributed by atoms with Crippen molar-refractivity contribution >= 4 is 16.0 Å². The van der Waals surface area contributed by atoms with Crippen LogP contribution in [-0.4, -0.2) is 73.0 Å². The van der Waals surface area contributed by atoms with E-state index in [1.54, 1.807) is 22.6 Å². The standard InChI is InChI=1S/C16H22N2O4S.C2HF3O2/c19-23(20,13-2-1-7-17-10-13)18-8-9-21-15-6-5-14(18)16(15)22-11-12-3-4-12;3-2(4,5)1(6)7/h1-2,7,10,12,14-16H,3-6,8-9,11H2;(H,6,7). The molecule has 0 spiro atoms. The third-order valence-corrected chi connectivity index (χ3v) is 7.12. The van der Waals surface area contributed by atoms with Gasteiger partial charge in [-0.05, 0) is 43.7 Å². The molecule has 168 valence electrons. The Bertz CT molecular complexity index is 832. The summed E-state index contributed by atoms with van der Waals surface area (Å²) in [6.45, 7) is 1.52. The fourth-order valence-electron chi connectivity index (χ4n) is 3.54. The highest BCUT2D eigenvalue weighted by Gasteiger charge is 2.47. The van der Waals surface area contributed by atoms with Crippen LogP contribution in [0.1, 0.15) is 25.7 Å². The molecule has 8 nitrogen and oxygen atoms in total. The van der Waals surface area contributed by atoms with Crippen LogP contribution >= 0.6 is 0 Å². The first kappa shape index (κ1) is 22.9. The van der Waals surface area contributed by atoms with Crippen molar-refractivity contribution in [3.05, 3.63) is 24.5 Å². The zero-order valence-corrected chi connectivity index (χ0v) is 16.8. The van der Waals surface area contributed by atoms with Crippen molar-refractivity contribution in [2.75, 3.05) is 19.8 Å². The fraction of sp³-hybridized carbons (Fsp3) is 0.667. The van der Waals surface area contributed by atoms with Gasteiger partial charge in [0.1, 0.15) is 11.0 Å². The number of ether oxygens (including phenoxy) is 2. The molecule has 1 aromatic heterocycles. The van der Waals surface area contributed by atoms with Gasteiger partial charge in [0.2, 0.25) is 10.0 Å². The lowest BCUT2D eigenvalue weighted by atomic mass is 10.2. The molecule has 1 aliphatic heterocycles. The van der Waals surface area contributed by atoms with Gasteiger partial charge in [0.05, 0.1) is 18.8 Å². The number of fused-ring (bicyclic) bond motifs is 2. The van der Waals surface area contributed by atoms with E-state index in [0.29, 0.717) is 19.1 Å². The lowest BCUT2D eigenvalue weighted by Crippen LogP contribution is -2.46. The van der Waals surface area contributed by atoms with E-state index in [4.69, 9.17) is 19.4 Å². The van der Waals surface area contributed by atoms with Gasteiger partial charge < -0.3 is 14.6 Å². The molecule has 3 fully saturated rings. The van der Waals surface area contributed by atoms with Crippen LogP contribution < -0.4 is 0 Å². The Morgan fingerprint density at radius 2 is 2.00 bits per heavy atom. The normalized spacial score (nSPS) is 27.1. The number of aliphatic carboxylic acids is 1. The van der Waals surface area contributed by atoms with Crippen LogP contribution in [0, 0.1) is 5.92 Å². The highest BCUT2D eigenvalue weighted by molar-refractivity contribution is 7.89. The third-order valence-electron chi connectivity index (χ3n) is 5.21. The number of aromatic nitrogens is 1. The molecule has 30 heavy (non-hydrogen) atoms. The Balaban J connectivity index is 0.000000318. The van der Waals surface area contributed by atoms with E-state index in [1.165, 1.54) is 19.0 Å². The van der Waals surface area contributed by atoms with E-state index in [2.05, 4.69) is 4.98 Å². The summed E-state index contributed by atoms with van der Waals surface area (Å²) in [5.74, 6) is -2.10. The molecule has 0 radical (unpaired) electrons. The second-order valence-corrected chi connectivity index (χ2v) is 9.29. The van der Waals surface area contributed by atoms with Crippen molar-refractivity contribution in [3.8, 4) is 0 Å². The summed E-state index contributed by atoms with van der Waals surface area (Å²) in [6, 6.07) is 3.12. The number of carbonyl (C=O) groups is 1. The molecule has 2 bridgehead atoms. The van der Waals surface area contributed by atoms with Crippen LogP contribution in [0.5, 0.6) is 0 Å². The minimum Gasteiger partial charge on any atom is -0.475 e. The van der Waals surface area contributed by atoms with E-state index in [0.717, 1.165) is 19.4 Å². The molecule has 1 saturated heterocycles. The van der Waals surface area contributed by atoms with Gasteiger partial charge in [-0.25, -0.2) is 13.2 Å². The maximum atomic E-state index is 13.0. The summed E-state index contributed by atoms with van der Waals surface area (Å²) in [6.07, 6.45) is 1.88. The van der Waals surface area contributed by atoms with E-state index in [1.807, 2.05) is 0 Å². The monoisotopic (exact) mass is 452 g/mol. The Morgan fingerprint density at radius 1 is 1.30 bits per heavy atom. The number of pyridine rings is 1. The van der Waals surface area contributed by atoms with Crippen LogP contribution in [0.4, 0.5) is 13.2 Å². The molecule has 3 aliphatic rings. The number of rotatable bonds is 5. The van der Waals surface area contributed by atoms with Gasteiger partial charge >= 0.3 is 12.1 Å². The van der Waals surface area contributed by atoms with Gasteiger partial charge in [0.25, 0.3) is 0 Å². The van der Waals surface area contributed by atoms with E-state index < -0.39 is 22.2 Å². The molecule has 3 unspecified atom stereocenters. The fourth-order valence-corrected chi connectivity index (χ4v) is 5.15. The molecular formula is C18H23F3N2O6S. The zero-order chi connectivity index (χ0) is 21.9. The summed E-state index contributed by atoms with van der Waals surface area (Å²) in [4.78, 5) is 13.1. The number of hydrogen-bond donors (Lipinski definition) is 1. The van der Waals surface area contributed by atoms with Crippen molar-refractivity contribution in [2.45, 2.75) is 55.0 Å².